The molecule has 1 radical (unpaired) electrons. The average molecular weight is 463 g/mol. The number of unbranched alkanes of at least 4 members (excludes halogenated alkanes) is 1. The van der Waals surface area contributed by atoms with Gasteiger partial charge in [-0.05, 0) is 55.8 Å². The summed E-state index contributed by atoms with van der Waals surface area (Å²) in [6.45, 7) is 6.16. The number of nitrogens with zero attached hydrogens (tertiary/aromatic N) is 4. The third-order valence-electron chi connectivity index (χ3n) is 3.93. The zero-order valence-electron chi connectivity index (χ0n) is 16.9. The first-order chi connectivity index (χ1) is 14.3. The molecule has 4 aliphatic heterocycles. The van der Waals surface area contributed by atoms with Gasteiger partial charge < -0.3 is 30.1 Å². The van der Waals surface area contributed by atoms with E-state index in [1.165, 1.54) is 18.6 Å². The van der Waals surface area contributed by atoms with Gasteiger partial charge in [-0.1, -0.05) is 49.6 Å². The molecule has 0 saturated heterocycles. The van der Waals surface area contributed by atoms with Crippen molar-refractivity contribution in [2.24, 2.45) is 0 Å². The first-order valence-corrected chi connectivity index (χ1v) is 10.6. The molecule has 0 amide bonds. The summed E-state index contributed by atoms with van der Waals surface area (Å²) in [4.78, 5) is 3.98. The van der Waals surface area contributed by atoms with Gasteiger partial charge in [0.15, 0.2) is 0 Å². The summed E-state index contributed by atoms with van der Waals surface area (Å²) < 4.78 is 2.15. The molecule has 0 aromatic rings. The summed E-state index contributed by atoms with van der Waals surface area (Å²) >= 11 is 1.84. The van der Waals surface area contributed by atoms with Crippen molar-refractivity contribution in [1.82, 2.24) is 24.7 Å². The number of rotatable bonds is 6. The monoisotopic (exact) mass is 463 g/mol. The number of nitrogens with one attached hydrogen (secondary N) is 2. The van der Waals surface area contributed by atoms with Crippen LogP contribution in [0.4, 0.5) is 0 Å². The molecule has 8 heteroatoms. The fourth-order valence-electron chi connectivity index (χ4n) is 2.45. The van der Waals surface area contributed by atoms with Crippen molar-refractivity contribution in [3.8, 4) is 0 Å². The second-order valence-electron chi connectivity index (χ2n) is 6.30. The van der Waals surface area contributed by atoms with Gasteiger partial charge in [0.25, 0.3) is 0 Å². The molecule has 4 aliphatic rings. The zero-order chi connectivity index (χ0) is 20.2. The normalized spacial score (nSPS) is 20.8. The number of dihydropyridines is 1. The fourth-order valence-corrected chi connectivity index (χ4v) is 3.40. The maximum Gasteiger partial charge on any atom is 3.00 e. The maximum absolute atomic E-state index is 4.16. The summed E-state index contributed by atoms with van der Waals surface area (Å²) in [5.41, 5.74) is 2.04. The second kappa shape index (κ2) is 13.7. The minimum atomic E-state index is 0. The van der Waals surface area contributed by atoms with Crippen LogP contribution < -0.4 is 10.6 Å². The van der Waals surface area contributed by atoms with E-state index in [9.17, 15) is 0 Å². The van der Waals surface area contributed by atoms with Gasteiger partial charge in [-0.15, -0.1) is 12.4 Å². The Bertz CT molecular complexity index is 766. The predicted molar refractivity (Wildman–Crippen MR) is 122 cm³/mol. The Labute approximate surface area is 195 Å². The molecule has 2 N–H and O–H groups in total. The summed E-state index contributed by atoms with van der Waals surface area (Å²) in [7, 11) is 0. The quantitative estimate of drug-likeness (QED) is 0.252. The van der Waals surface area contributed by atoms with E-state index in [1.54, 1.807) is 6.20 Å². The van der Waals surface area contributed by atoms with E-state index < -0.39 is 0 Å². The Hall–Kier alpha value is -2.41. The predicted octanol–water partition coefficient (Wildman–Crippen LogP) is 4.94. The van der Waals surface area contributed by atoms with Crippen LogP contribution in [0.25, 0.3) is 5.32 Å². The van der Waals surface area contributed by atoms with Crippen molar-refractivity contribution in [3.05, 3.63) is 116 Å². The summed E-state index contributed by atoms with van der Waals surface area (Å²) in [6, 6.07) is 0. The molecule has 0 spiro atoms. The van der Waals surface area contributed by atoms with Crippen molar-refractivity contribution in [3.63, 3.8) is 0 Å². The van der Waals surface area contributed by atoms with Gasteiger partial charge in [0, 0.05) is 12.0 Å². The third kappa shape index (κ3) is 8.53. The van der Waals surface area contributed by atoms with E-state index in [-0.39, 0.29) is 17.1 Å². The van der Waals surface area contributed by atoms with Gasteiger partial charge in [0.05, 0.1) is 5.70 Å². The molecule has 6 nitrogen and oxygen atoms in total. The fraction of sp³-hybridized carbons (Fsp3) is 0.182. The smallest absolute Gasteiger partial charge is 0.663 e. The molecule has 0 aromatic carbocycles. The first-order valence-electron chi connectivity index (χ1n) is 9.66. The maximum atomic E-state index is 4.16. The van der Waals surface area contributed by atoms with Crippen molar-refractivity contribution < 1.29 is 17.1 Å². The van der Waals surface area contributed by atoms with Crippen LogP contribution in [0.5, 0.6) is 0 Å². The van der Waals surface area contributed by atoms with Crippen molar-refractivity contribution in [2.75, 3.05) is 5.75 Å². The SMILES string of the molecule is C1=C[N-]/C(=C\N2C=CN[CH-]2)C=C1.CCCCSN1C=CN(/C=C2/C=CC=CN2)[CH-]1.[Fe+3]. The molecule has 0 fully saturated rings. The Morgan fingerprint density at radius 1 is 1.03 bits per heavy atom. The average Bonchev–Trinajstić information content (AvgIpc) is 3.43. The number of hydrogen-bond acceptors (Lipinski definition) is 6. The second-order valence-corrected chi connectivity index (χ2v) is 7.39. The minimum Gasteiger partial charge on any atom is -0.663 e. The first kappa shape index (κ1) is 23.9. The van der Waals surface area contributed by atoms with E-state index >= 15 is 0 Å². The van der Waals surface area contributed by atoms with Crippen molar-refractivity contribution in [2.45, 2.75) is 19.8 Å². The van der Waals surface area contributed by atoms with E-state index in [2.05, 4.69) is 63.4 Å². The molecule has 4 rings (SSSR count). The van der Waals surface area contributed by atoms with Crippen molar-refractivity contribution in [1.29, 1.82) is 0 Å². The Balaban J connectivity index is 0.000000218. The van der Waals surface area contributed by atoms with Crippen LogP contribution in [0.15, 0.2) is 97.4 Å². The zero-order valence-corrected chi connectivity index (χ0v) is 18.8. The van der Waals surface area contributed by atoms with Crippen LogP contribution in [0.2, 0.25) is 0 Å². The Kier molecular flexibility index (Phi) is 10.9. The summed E-state index contributed by atoms with van der Waals surface area (Å²) in [5.74, 6) is 1.17. The van der Waals surface area contributed by atoms with Crippen LogP contribution in [-0.2, 0) is 17.1 Å². The van der Waals surface area contributed by atoms with Crippen LogP contribution in [0, 0.1) is 13.3 Å². The standard InChI is InChI=1S/C13H18N3S.C9H9N3.Fe/c1-2-3-10-17-16-9-8-15(12-16)11-13-6-4-5-7-14-13;1-2-4-11-9(3-1)7-12-6-5-10-8-12;/h4-9,11-12,14H,2-3,10H2,1H3;1-8,10H;/q-1;-2;+3/b13-11-;9-7-;. The van der Waals surface area contributed by atoms with Crippen LogP contribution >= 0.6 is 11.9 Å². The van der Waals surface area contributed by atoms with Gasteiger partial charge in [0.2, 0.25) is 0 Å². The molecule has 0 atom stereocenters. The third-order valence-corrected chi connectivity index (χ3v) is 4.91. The molecular weight excluding hydrogens is 436 g/mol. The minimum absolute atomic E-state index is 0. The molecule has 4 heterocycles. The van der Waals surface area contributed by atoms with E-state index in [1.807, 2.05) is 78.7 Å². The van der Waals surface area contributed by atoms with Gasteiger partial charge in [0.1, 0.15) is 0 Å². The molecule has 30 heavy (non-hydrogen) atoms. The van der Waals surface area contributed by atoms with E-state index in [4.69, 9.17) is 0 Å². The molecule has 0 unspecified atom stereocenters. The van der Waals surface area contributed by atoms with Crippen LogP contribution in [0.1, 0.15) is 19.8 Å². The summed E-state index contributed by atoms with van der Waals surface area (Å²) in [6.07, 6.45) is 30.0. The summed E-state index contributed by atoms with van der Waals surface area (Å²) in [5, 5.41) is 10.3. The molecule has 0 bridgehead atoms. The Morgan fingerprint density at radius 2 is 1.93 bits per heavy atom. The van der Waals surface area contributed by atoms with Crippen LogP contribution in [-0.4, -0.2) is 19.9 Å². The molecular formula is C22H27FeN6S. The molecule has 0 saturated carbocycles. The largest absolute Gasteiger partial charge is 3.00 e. The van der Waals surface area contributed by atoms with E-state index in [0.717, 1.165) is 11.4 Å². The topological polar surface area (TPSA) is 47.9 Å². The molecule has 159 valence electrons. The molecule has 0 aromatic heterocycles. The number of hydrogen-bond donors (Lipinski definition) is 2. The van der Waals surface area contributed by atoms with Gasteiger partial charge in [-0.3, -0.25) is 0 Å². The van der Waals surface area contributed by atoms with Gasteiger partial charge in [-0.25, -0.2) is 0 Å². The van der Waals surface area contributed by atoms with E-state index in [0.29, 0.717) is 0 Å². The van der Waals surface area contributed by atoms with Gasteiger partial charge >= 0.3 is 17.1 Å². The molecule has 0 aliphatic carbocycles. The van der Waals surface area contributed by atoms with Gasteiger partial charge in [-0.2, -0.15) is 12.9 Å². The Morgan fingerprint density at radius 3 is 2.63 bits per heavy atom. The van der Waals surface area contributed by atoms with Crippen LogP contribution in [0.3, 0.4) is 0 Å². The number of allylic oxidation sites excluding steroid dienone is 6. The van der Waals surface area contributed by atoms with Crippen molar-refractivity contribution >= 4 is 11.9 Å².